The van der Waals surface area contributed by atoms with Gasteiger partial charge in [-0.15, -0.1) is 0 Å². The Balaban J connectivity index is 1.34. The average Bonchev–Trinajstić information content (AvgIpc) is 2.89. The molecule has 1 aliphatic rings. The highest BCUT2D eigenvalue weighted by atomic mass is 16.2. The van der Waals surface area contributed by atoms with E-state index in [0.29, 0.717) is 35.5 Å². The molecule has 0 saturated carbocycles. The molecule has 3 aromatic rings. The number of amides is 2. The van der Waals surface area contributed by atoms with E-state index >= 15 is 0 Å². The van der Waals surface area contributed by atoms with E-state index in [4.69, 9.17) is 0 Å². The highest BCUT2D eigenvalue weighted by molar-refractivity contribution is 6.14. The van der Waals surface area contributed by atoms with Gasteiger partial charge in [0.2, 0.25) is 5.91 Å². The van der Waals surface area contributed by atoms with Gasteiger partial charge in [-0.3, -0.25) is 19.3 Å². The molecule has 1 unspecified atom stereocenters. The van der Waals surface area contributed by atoms with Crippen LogP contribution in [0.2, 0.25) is 0 Å². The van der Waals surface area contributed by atoms with Gasteiger partial charge in [-0.25, -0.2) is 0 Å². The molecule has 2 amide bonds. The minimum atomic E-state index is -0.358. The summed E-state index contributed by atoms with van der Waals surface area (Å²) >= 11 is 0. The summed E-state index contributed by atoms with van der Waals surface area (Å²) in [5.41, 5.74) is 3.22. The minimum absolute atomic E-state index is 0.0490. The van der Waals surface area contributed by atoms with Crippen molar-refractivity contribution in [1.29, 1.82) is 0 Å². The van der Waals surface area contributed by atoms with Crippen LogP contribution in [-0.4, -0.2) is 47.7 Å². The van der Waals surface area contributed by atoms with Crippen LogP contribution in [0.15, 0.2) is 78.9 Å². The zero-order chi connectivity index (χ0) is 24.8. The number of likely N-dealkylation sites (tertiary alicyclic amines) is 1. The lowest BCUT2D eigenvalue weighted by molar-refractivity contribution is -0.121. The van der Waals surface area contributed by atoms with Gasteiger partial charge in [0.25, 0.3) is 5.91 Å². The molecule has 0 aromatic heterocycles. The Bertz CT molecular complexity index is 1200. The Hall–Kier alpha value is -3.77. The van der Waals surface area contributed by atoms with E-state index in [1.807, 2.05) is 62.4 Å². The molecule has 6 nitrogen and oxygen atoms in total. The lowest BCUT2D eigenvalue weighted by atomic mass is 10.0. The molecule has 0 spiro atoms. The number of piperidine rings is 1. The lowest BCUT2D eigenvalue weighted by Gasteiger charge is -2.35. The predicted molar refractivity (Wildman–Crippen MR) is 138 cm³/mol. The van der Waals surface area contributed by atoms with Crippen LogP contribution in [0.25, 0.3) is 0 Å². The largest absolute Gasteiger partial charge is 0.349 e. The van der Waals surface area contributed by atoms with Gasteiger partial charge in [0.05, 0.1) is 11.7 Å². The number of carbonyl (C=O) groups excluding carboxylic acids is 3. The van der Waals surface area contributed by atoms with Crippen LogP contribution in [-0.2, 0) is 4.79 Å². The first-order chi connectivity index (χ1) is 16.9. The Morgan fingerprint density at radius 3 is 2.11 bits per heavy atom. The van der Waals surface area contributed by atoms with Crippen LogP contribution in [0, 0.1) is 6.92 Å². The Labute approximate surface area is 206 Å². The van der Waals surface area contributed by atoms with Gasteiger partial charge in [-0.1, -0.05) is 60.7 Å². The summed E-state index contributed by atoms with van der Waals surface area (Å²) in [6.45, 7) is 5.22. The number of hydrogen-bond acceptors (Lipinski definition) is 4. The first kappa shape index (κ1) is 24.4. The maximum absolute atomic E-state index is 13.1. The maximum atomic E-state index is 13.1. The highest BCUT2D eigenvalue weighted by Crippen LogP contribution is 2.21. The number of anilines is 1. The molecule has 1 saturated heterocycles. The van der Waals surface area contributed by atoms with Crippen molar-refractivity contribution in [3.8, 4) is 0 Å². The van der Waals surface area contributed by atoms with E-state index in [1.54, 1.807) is 30.3 Å². The van der Waals surface area contributed by atoms with Crippen LogP contribution < -0.4 is 10.6 Å². The standard InChI is InChI=1S/C29H31N3O3/c1-20-10-6-7-13-24(20)29(35)30-23-16-18-32(19-17-23)21(2)28(34)31-26-15-9-8-14-25(26)27(33)22-11-4-3-5-12-22/h3-15,21,23H,16-19H2,1-2H3,(H,30,35)(H,31,34). The molecule has 0 bridgehead atoms. The molecule has 180 valence electrons. The molecule has 1 fully saturated rings. The summed E-state index contributed by atoms with van der Waals surface area (Å²) in [7, 11) is 0. The number of aryl methyl sites for hydroxylation is 1. The van der Waals surface area contributed by atoms with Crippen LogP contribution in [0.3, 0.4) is 0 Å². The molecule has 0 radical (unpaired) electrons. The van der Waals surface area contributed by atoms with Gasteiger partial charge in [0.1, 0.15) is 0 Å². The number of ketones is 1. The number of rotatable bonds is 7. The third kappa shape index (κ3) is 5.84. The normalized spacial score (nSPS) is 15.3. The minimum Gasteiger partial charge on any atom is -0.349 e. The third-order valence-electron chi connectivity index (χ3n) is 6.65. The summed E-state index contributed by atoms with van der Waals surface area (Å²) in [4.78, 5) is 40.8. The van der Waals surface area contributed by atoms with Crippen molar-refractivity contribution in [2.45, 2.75) is 38.8 Å². The zero-order valence-corrected chi connectivity index (χ0v) is 20.2. The molecular formula is C29H31N3O3. The molecule has 1 aliphatic heterocycles. The smallest absolute Gasteiger partial charge is 0.251 e. The van der Waals surface area contributed by atoms with Gasteiger partial charge in [0.15, 0.2) is 5.78 Å². The summed E-state index contributed by atoms with van der Waals surface area (Å²) in [6.07, 6.45) is 1.55. The summed E-state index contributed by atoms with van der Waals surface area (Å²) in [6, 6.07) is 23.4. The quantitative estimate of drug-likeness (QED) is 0.501. The fourth-order valence-corrected chi connectivity index (χ4v) is 4.46. The molecule has 1 atom stereocenters. The van der Waals surface area contributed by atoms with Crippen LogP contribution in [0.5, 0.6) is 0 Å². The number of hydrogen-bond donors (Lipinski definition) is 2. The molecule has 1 heterocycles. The predicted octanol–water partition coefficient (Wildman–Crippen LogP) is 4.45. The van der Waals surface area contributed by atoms with Gasteiger partial charge in [-0.2, -0.15) is 0 Å². The lowest BCUT2D eigenvalue weighted by Crippen LogP contribution is -2.50. The van der Waals surface area contributed by atoms with Crippen LogP contribution >= 0.6 is 0 Å². The topological polar surface area (TPSA) is 78.5 Å². The summed E-state index contributed by atoms with van der Waals surface area (Å²) in [5, 5.41) is 6.09. The van der Waals surface area contributed by atoms with Crippen LogP contribution in [0.1, 0.15) is 51.6 Å². The molecule has 4 rings (SSSR count). The molecule has 0 aliphatic carbocycles. The number of nitrogens with one attached hydrogen (secondary N) is 2. The summed E-state index contributed by atoms with van der Waals surface area (Å²) in [5.74, 6) is -0.327. The van der Waals surface area contributed by atoms with E-state index in [1.165, 1.54) is 0 Å². The van der Waals surface area contributed by atoms with Crippen molar-refractivity contribution < 1.29 is 14.4 Å². The van der Waals surface area contributed by atoms with Crippen molar-refractivity contribution >= 4 is 23.3 Å². The number of carbonyl (C=O) groups is 3. The van der Waals surface area contributed by atoms with Crippen molar-refractivity contribution in [2.75, 3.05) is 18.4 Å². The second kappa shape index (κ2) is 11.1. The van der Waals surface area contributed by atoms with Crippen molar-refractivity contribution in [3.05, 3.63) is 101 Å². The zero-order valence-electron chi connectivity index (χ0n) is 20.2. The first-order valence-corrected chi connectivity index (χ1v) is 12.0. The number of para-hydroxylation sites is 1. The third-order valence-corrected chi connectivity index (χ3v) is 6.65. The second-order valence-corrected chi connectivity index (χ2v) is 9.00. The van der Waals surface area contributed by atoms with Crippen LogP contribution in [0.4, 0.5) is 5.69 Å². The molecule has 2 N–H and O–H groups in total. The number of nitrogens with zero attached hydrogens (tertiary/aromatic N) is 1. The van der Waals surface area contributed by atoms with E-state index in [0.717, 1.165) is 18.4 Å². The van der Waals surface area contributed by atoms with Crippen molar-refractivity contribution in [3.63, 3.8) is 0 Å². The van der Waals surface area contributed by atoms with E-state index in [2.05, 4.69) is 15.5 Å². The second-order valence-electron chi connectivity index (χ2n) is 9.00. The SMILES string of the molecule is Cc1ccccc1C(=O)NC1CCN(C(C)C(=O)Nc2ccccc2C(=O)c2ccccc2)CC1. The molecule has 35 heavy (non-hydrogen) atoms. The fourth-order valence-electron chi connectivity index (χ4n) is 4.46. The highest BCUT2D eigenvalue weighted by Gasteiger charge is 2.28. The molecular weight excluding hydrogens is 438 g/mol. The van der Waals surface area contributed by atoms with E-state index < -0.39 is 0 Å². The summed E-state index contributed by atoms with van der Waals surface area (Å²) < 4.78 is 0. The van der Waals surface area contributed by atoms with Gasteiger partial charge >= 0.3 is 0 Å². The molecule has 6 heteroatoms. The Morgan fingerprint density at radius 2 is 1.43 bits per heavy atom. The fraction of sp³-hybridized carbons (Fsp3) is 0.276. The maximum Gasteiger partial charge on any atom is 0.251 e. The van der Waals surface area contributed by atoms with Crippen molar-refractivity contribution in [1.82, 2.24) is 10.2 Å². The van der Waals surface area contributed by atoms with Gasteiger partial charge < -0.3 is 10.6 Å². The van der Waals surface area contributed by atoms with E-state index in [-0.39, 0.29) is 29.7 Å². The molecule has 3 aromatic carbocycles. The average molecular weight is 470 g/mol. The Morgan fingerprint density at radius 1 is 0.829 bits per heavy atom. The Kier molecular flexibility index (Phi) is 7.73. The number of benzene rings is 3. The van der Waals surface area contributed by atoms with Gasteiger partial charge in [0, 0.05) is 35.8 Å². The monoisotopic (exact) mass is 469 g/mol. The van der Waals surface area contributed by atoms with Gasteiger partial charge in [-0.05, 0) is 50.5 Å². The first-order valence-electron chi connectivity index (χ1n) is 12.0. The van der Waals surface area contributed by atoms with Crippen molar-refractivity contribution in [2.24, 2.45) is 0 Å². The van der Waals surface area contributed by atoms with E-state index in [9.17, 15) is 14.4 Å².